The summed E-state index contributed by atoms with van der Waals surface area (Å²) in [5.74, 6) is 5.66. The second-order valence-corrected chi connectivity index (χ2v) is 5.21. The summed E-state index contributed by atoms with van der Waals surface area (Å²) in [6, 6.07) is 0. The molecule has 2 aromatic rings. The van der Waals surface area contributed by atoms with Crippen LogP contribution in [0.4, 0.5) is 0 Å². The Kier molecular flexibility index (Phi) is 2.47. The minimum absolute atomic E-state index is 0.161. The van der Waals surface area contributed by atoms with Crippen molar-refractivity contribution >= 4 is 33.3 Å². The first-order valence-electron chi connectivity index (χ1n) is 4.38. The molecule has 0 aliphatic carbocycles. The largest absolute Gasteiger partial charge is 0.334 e. The van der Waals surface area contributed by atoms with Gasteiger partial charge in [-0.15, -0.1) is 11.3 Å². The molecule has 2 heterocycles. The van der Waals surface area contributed by atoms with Crippen molar-refractivity contribution in [3.8, 4) is 0 Å². The average Bonchev–Trinajstić information content (AvgIpc) is 2.49. The fraction of sp³-hybridized carbons (Fsp3) is 0.333. The van der Waals surface area contributed by atoms with Gasteiger partial charge in [0.2, 0.25) is 0 Å². The number of hydrogen-bond donors (Lipinski definition) is 1. The highest BCUT2D eigenvalue weighted by atomic mass is 32.2. The lowest BCUT2D eigenvalue weighted by Gasteiger charge is -2.03. The number of hydrogen-bond acceptors (Lipinski definition) is 5. The standard InChI is InChI=1S/C9H11N3OS2/c1-4-5(2)15-7-6(4)8(13)12(10)9(11-7)14-3/h10H2,1-3H3. The van der Waals surface area contributed by atoms with Crippen LogP contribution in [0.15, 0.2) is 9.95 Å². The number of thioether (sulfide) groups is 1. The van der Waals surface area contributed by atoms with E-state index in [0.717, 1.165) is 19.9 Å². The third-order valence-electron chi connectivity index (χ3n) is 2.39. The maximum Gasteiger partial charge on any atom is 0.281 e. The lowest BCUT2D eigenvalue weighted by atomic mass is 10.2. The Hall–Kier alpha value is -1.01. The number of nitrogens with two attached hydrogens (primary N) is 1. The summed E-state index contributed by atoms with van der Waals surface area (Å²) in [7, 11) is 0. The van der Waals surface area contributed by atoms with Gasteiger partial charge < -0.3 is 5.84 Å². The summed E-state index contributed by atoms with van der Waals surface area (Å²) in [6.45, 7) is 3.91. The smallest absolute Gasteiger partial charge is 0.281 e. The molecule has 0 amide bonds. The van der Waals surface area contributed by atoms with E-state index in [1.807, 2.05) is 20.1 Å². The van der Waals surface area contributed by atoms with Crippen LogP contribution in [0.25, 0.3) is 10.2 Å². The summed E-state index contributed by atoms with van der Waals surface area (Å²) >= 11 is 2.91. The molecule has 0 saturated carbocycles. The highest BCUT2D eigenvalue weighted by Crippen LogP contribution is 2.27. The zero-order valence-corrected chi connectivity index (χ0v) is 10.3. The third-order valence-corrected chi connectivity index (χ3v) is 4.14. The van der Waals surface area contributed by atoms with E-state index in [-0.39, 0.29) is 5.56 Å². The molecule has 0 bridgehead atoms. The van der Waals surface area contributed by atoms with Gasteiger partial charge in [-0.25, -0.2) is 9.66 Å². The van der Waals surface area contributed by atoms with Gasteiger partial charge in [0.05, 0.1) is 5.39 Å². The molecule has 0 aliphatic rings. The Balaban J connectivity index is 2.98. The number of thiophene rings is 1. The zero-order valence-electron chi connectivity index (χ0n) is 8.70. The number of nitrogen functional groups attached to an aromatic ring is 1. The SMILES string of the molecule is CSc1nc2sc(C)c(C)c2c(=O)n1N. The minimum atomic E-state index is -0.161. The molecule has 0 saturated heterocycles. The molecule has 6 heteroatoms. The van der Waals surface area contributed by atoms with Gasteiger partial charge >= 0.3 is 0 Å². The Morgan fingerprint density at radius 1 is 1.47 bits per heavy atom. The molecule has 4 nitrogen and oxygen atoms in total. The Morgan fingerprint density at radius 3 is 2.73 bits per heavy atom. The molecule has 2 N–H and O–H groups in total. The highest BCUT2D eigenvalue weighted by molar-refractivity contribution is 7.98. The van der Waals surface area contributed by atoms with Crippen LogP contribution in [-0.2, 0) is 0 Å². The van der Waals surface area contributed by atoms with Crippen LogP contribution >= 0.6 is 23.1 Å². The molecule has 0 fully saturated rings. The normalized spacial score (nSPS) is 11.1. The monoisotopic (exact) mass is 241 g/mol. The van der Waals surface area contributed by atoms with Crippen LogP contribution in [0.1, 0.15) is 10.4 Å². The van der Waals surface area contributed by atoms with Gasteiger partial charge in [-0.3, -0.25) is 4.79 Å². The van der Waals surface area contributed by atoms with Crippen LogP contribution in [0.2, 0.25) is 0 Å². The molecular weight excluding hydrogens is 230 g/mol. The Bertz CT molecular complexity index is 585. The molecule has 80 valence electrons. The summed E-state index contributed by atoms with van der Waals surface area (Å²) in [5.41, 5.74) is 0.825. The maximum atomic E-state index is 11.9. The van der Waals surface area contributed by atoms with Crippen LogP contribution in [0.5, 0.6) is 0 Å². The van der Waals surface area contributed by atoms with Gasteiger partial charge in [-0.1, -0.05) is 11.8 Å². The number of aromatic nitrogens is 2. The van der Waals surface area contributed by atoms with Crippen LogP contribution < -0.4 is 11.4 Å². The third kappa shape index (κ3) is 1.44. The predicted octanol–water partition coefficient (Wildman–Crippen LogP) is 1.51. The fourth-order valence-electron chi connectivity index (χ4n) is 1.43. The van der Waals surface area contributed by atoms with Gasteiger partial charge in [0, 0.05) is 4.88 Å². The van der Waals surface area contributed by atoms with Crippen molar-refractivity contribution in [2.75, 3.05) is 12.1 Å². The maximum absolute atomic E-state index is 11.9. The molecule has 0 atom stereocenters. The second-order valence-electron chi connectivity index (χ2n) is 3.24. The van der Waals surface area contributed by atoms with E-state index in [1.54, 1.807) is 0 Å². The number of nitrogens with zero attached hydrogens (tertiary/aromatic N) is 2. The van der Waals surface area contributed by atoms with Gasteiger partial charge in [-0.05, 0) is 25.7 Å². The predicted molar refractivity (Wildman–Crippen MR) is 65.3 cm³/mol. The summed E-state index contributed by atoms with van der Waals surface area (Å²) < 4.78 is 1.12. The van der Waals surface area contributed by atoms with E-state index in [4.69, 9.17) is 5.84 Å². The highest BCUT2D eigenvalue weighted by Gasteiger charge is 2.14. The Labute approximate surface area is 95.1 Å². The molecule has 15 heavy (non-hydrogen) atoms. The van der Waals surface area contributed by atoms with Crippen LogP contribution in [0.3, 0.4) is 0 Å². The van der Waals surface area contributed by atoms with Crippen molar-refractivity contribution in [3.05, 3.63) is 20.8 Å². The zero-order chi connectivity index (χ0) is 11.2. The van der Waals surface area contributed by atoms with Crippen molar-refractivity contribution in [1.82, 2.24) is 9.66 Å². The quantitative estimate of drug-likeness (QED) is 0.467. The molecule has 0 spiro atoms. The molecule has 0 aliphatic heterocycles. The van der Waals surface area contributed by atoms with E-state index >= 15 is 0 Å². The van der Waals surface area contributed by atoms with E-state index in [0.29, 0.717) is 10.5 Å². The van der Waals surface area contributed by atoms with Gasteiger partial charge in [0.15, 0.2) is 5.16 Å². The summed E-state index contributed by atoms with van der Waals surface area (Å²) in [4.78, 5) is 18.2. The molecular formula is C9H11N3OS2. The molecule has 0 aromatic carbocycles. The first-order chi connectivity index (χ1) is 7.06. The number of fused-ring (bicyclic) bond motifs is 1. The van der Waals surface area contributed by atoms with E-state index in [2.05, 4.69) is 4.98 Å². The lowest BCUT2D eigenvalue weighted by Crippen LogP contribution is -2.29. The summed E-state index contributed by atoms with van der Waals surface area (Å²) in [6.07, 6.45) is 1.85. The molecule has 2 rings (SSSR count). The topological polar surface area (TPSA) is 60.9 Å². The average molecular weight is 241 g/mol. The first kappa shape index (κ1) is 10.5. The summed E-state index contributed by atoms with van der Waals surface area (Å²) in [5, 5.41) is 1.20. The molecule has 0 radical (unpaired) electrons. The van der Waals surface area contributed by atoms with Gasteiger partial charge in [0.1, 0.15) is 4.83 Å². The van der Waals surface area contributed by atoms with E-state index in [1.165, 1.54) is 23.1 Å². The van der Waals surface area contributed by atoms with Crippen molar-refractivity contribution in [1.29, 1.82) is 0 Å². The van der Waals surface area contributed by atoms with Crippen LogP contribution in [0, 0.1) is 13.8 Å². The first-order valence-corrected chi connectivity index (χ1v) is 6.42. The lowest BCUT2D eigenvalue weighted by molar-refractivity contribution is 0.783. The van der Waals surface area contributed by atoms with Crippen molar-refractivity contribution < 1.29 is 0 Å². The molecule has 0 unspecified atom stereocenters. The van der Waals surface area contributed by atoms with Crippen molar-refractivity contribution in [3.63, 3.8) is 0 Å². The Morgan fingerprint density at radius 2 is 2.13 bits per heavy atom. The minimum Gasteiger partial charge on any atom is -0.334 e. The van der Waals surface area contributed by atoms with Crippen molar-refractivity contribution in [2.45, 2.75) is 19.0 Å². The van der Waals surface area contributed by atoms with E-state index < -0.39 is 0 Å². The second kappa shape index (κ2) is 3.53. The van der Waals surface area contributed by atoms with Gasteiger partial charge in [0.25, 0.3) is 5.56 Å². The number of rotatable bonds is 1. The van der Waals surface area contributed by atoms with E-state index in [9.17, 15) is 4.79 Å². The number of aryl methyl sites for hydroxylation is 2. The van der Waals surface area contributed by atoms with Crippen molar-refractivity contribution in [2.24, 2.45) is 0 Å². The fourth-order valence-corrected chi connectivity index (χ4v) is 2.97. The molecule has 2 aromatic heterocycles. The van der Waals surface area contributed by atoms with Gasteiger partial charge in [-0.2, -0.15) is 0 Å². The van der Waals surface area contributed by atoms with Crippen LogP contribution in [-0.4, -0.2) is 15.9 Å².